The molecule has 8 heteroatoms. The predicted molar refractivity (Wildman–Crippen MR) is 126 cm³/mol. The highest BCUT2D eigenvalue weighted by Gasteiger charge is 2.49. The summed E-state index contributed by atoms with van der Waals surface area (Å²) >= 11 is 5.31. The Kier molecular flexibility index (Phi) is 6.11. The molecule has 2 N–H and O–H groups in total. The number of likely N-dealkylation sites (tertiary alicyclic amines) is 1. The monoisotopic (exact) mass is 438 g/mol. The molecule has 0 amide bonds. The summed E-state index contributed by atoms with van der Waals surface area (Å²) in [4.78, 5) is 16.0. The molecule has 164 valence electrons. The molecule has 7 nitrogen and oxygen atoms in total. The van der Waals surface area contributed by atoms with E-state index in [2.05, 4.69) is 41.7 Å². The number of aryl methyl sites for hydroxylation is 2. The van der Waals surface area contributed by atoms with E-state index in [0.29, 0.717) is 10.9 Å². The number of aliphatic imine (C=N–C) groups is 1. The highest BCUT2D eigenvalue weighted by atomic mass is 32.1. The average Bonchev–Trinajstić information content (AvgIpc) is 3.14. The summed E-state index contributed by atoms with van der Waals surface area (Å²) < 4.78 is 0.481. The number of benzene rings is 2. The van der Waals surface area contributed by atoms with Crippen LogP contribution >= 0.6 is 0 Å². The zero-order chi connectivity index (χ0) is 22.0. The molecule has 0 aromatic heterocycles. The molecular weight excluding hydrogens is 410 g/mol. The van der Waals surface area contributed by atoms with Gasteiger partial charge >= 0.3 is 0 Å². The van der Waals surface area contributed by atoms with Gasteiger partial charge in [0.2, 0.25) is 0 Å². The van der Waals surface area contributed by atoms with Gasteiger partial charge in [-0.2, -0.15) is 0 Å². The van der Waals surface area contributed by atoms with Crippen LogP contribution in [0, 0.1) is 13.8 Å². The van der Waals surface area contributed by atoms with Crippen LogP contribution in [0.1, 0.15) is 24.0 Å². The van der Waals surface area contributed by atoms with Crippen LogP contribution in [0.4, 0.5) is 17.1 Å². The maximum atomic E-state index is 11.9. The first-order valence-corrected chi connectivity index (χ1v) is 11.1. The second-order valence-electron chi connectivity index (χ2n) is 8.28. The second-order valence-corrected chi connectivity index (χ2v) is 8.70. The van der Waals surface area contributed by atoms with Gasteiger partial charge in [0, 0.05) is 35.3 Å². The minimum atomic E-state index is -0.951. The Morgan fingerprint density at radius 2 is 2.03 bits per heavy atom. The molecule has 1 saturated heterocycles. The van der Waals surface area contributed by atoms with Crippen molar-refractivity contribution in [3.8, 4) is 0 Å². The van der Waals surface area contributed by atoms with E-state index in [1.165, 1.54) is 0 Å². The van der Waals surface area contributed by atoms with E-state index in [0.717, 1.165) is 54.2 Å². The van der Waals surface area contributed by atoms with E-state index in [4.69, 9.17) is 12.6 Å². The van der Waals surface area contributed by atoms with Crippen molar-refractivity contribution in [3.63, 3.8) is 0 Å². The molecule has 2 aromatic carbocycles. The van der Waals surface area contributed by atoms with Crippen molar-refractivity contribution in [3.05, 3.63) is 53.6 Å². The van der Waals surface area contributed by atoms with Crippen LogP contribution in [-0.2, 0) is 17.4 Å². The van der Waals surface area contributed by atoms with Crippen LogP contribution in [0.5, 0.6) is 0 Å². The van der Waals surface area contributed by atoms with Crippen LogP contribution in [0.2, 0.25) is 0 Å². The minimum Gasteiger partial charge on any atom is -0.742 e. The molecule has 2 aliphatic heterocycles. The van der Waals surface area contributed by atoms with Gasteiger partial charge in [0.15, 0.2) is 0 Å². The van der Waals surface area contributed by atoms with Crippen LogP contribution in [0.3, 0.4) is 0 Å². The van der Waals surface area contributed by atoms with E-state index >= 15 is 0 Å². The van der Waals surface area contributed by atoms with E-state index in [-0.39, 0.29) is 5.50 Å². The van der Waals surface area contributed by atoms with Crippen molar-refractivity contribution in [1.29, 1.82) is 0 Å². The predicted octanol–water partition coefficient (Wildman–Crippen LogP) is 1.82. The van der Waals surface area contributed by atoms with Gasteiger partial charge in [-0.3, -0.25) is 19.9 Å². The van der Waals surface area contributed by atoms with Gasteiger partial charge < -0.3 is 27.8 Å². The average molecular weight is 439 g/mol. The Balaban J connectivity index is 1.43. The molecule has 2 heterocycles. The number of carbonyl (C=O) groups is 1. The molecule has 0 bridgehead atoms. The van der Waals surface area contributed by atoms with Gasteiger partial charge in [-0.25, -0.2) is 0 Å². The van der Waals surface area contributed by atoms with E-state index < -0.39 is 12.0 Å². The number of nitrogens with one attached hydrogen (secondary N) is 2. The van der Waals surface area contributed by atoms with E-state index in [9.17, 15) is 9.90 Å². The number of carboxylic acids is 1. The summed E-state index contributed by atoms with van der Waals surface area (Å²) in [6.07, 6.45) is 3.12. The molecule has 0 radical (unpaired) electrons. The molecule has 31 heavy (non-hydrogen) atoms. The van der Waals surface area contributed by atoms with Crippen molar-refractivity contribution < 1.29 is 9.90 Å². The van der Waals surface area contributed by atoms with Crippen LogP contribution < -0.4 is 25.3 Å². The highest BCUT2D eigenvalue weighted by molar-refractivity contribution is 7.59. The smallest absolute Gasteiger partial charge is 0.139 e. The molecule has 0 aliphatic carbocycles. The van der Waals surface area contributed by atoms with Crippen molar-refractivity contribution in [1.82, 2.24) is 9.91 Å². The summed E-state index contributed by atoms with van der Waals surface area (Å²) in [5.74, 6) is -0.951. The summed E-state index contributed by atoms with van der Waals surface area (Å²) in [5, 5.41) is 17.2. The molecule has 3 atom stereocenters. The summed E-state index contributed by atoms with van der Waals surface area (Å²) in [6.45, 7) is 6.47. The zero-order valence-corrected chi connectivity index (χ0v) is 18.7. The van der Waals surface area contributed by atoms with Crippen molar-refractivity contribution in [2.45, 2.75) is 38.2 Å². The van der Waals surface area contributed by atoms with Gasteiger partial charge in [-0.05, 0) is 32.0 Å². The topological polar surface area (TPSA) is 79.8 Å². The third-order valence-corrected chi connectivity index (χ3v) is 6.69. The number of hydrogen-bond acceptors (Lipinski definition) is 7. The molecule has 3 unspecified atom stereocenters. The van der Waals surface area contributed by atoms with Crippen molar-refractivity contribution in [2.75, 3.05) is 30.0 Å². The fraction of sp³-hybridized carbons (Fsp3) is 0.391. The second kappa shape index (κ2) is 8.80. The maximum Gasteiger partial charge on any atom is 0.139 e. The number of hydrogen-bond donors (Lipinski definition) is 2. The van der Waals surface area contributed by atoms with Crippen LogP contribution in [0.15, 0.2) is 47.5 Å². The summed E-state index contributed by atoms with van der Waals surface area (Å²) in [5.41, 5.74) is 8.05. The number of carbonyl (C=O) groups excluding carboxylic acids is 1. The molecule has 1 fully saturated rings. The third-order valence-electron chi connectivity index (χ3n) is 6.36. The Morgan fingerprint density at radius 3 is 2.65 bits per heavy atom. The van der Waals surface area contributed by atoms with Crippen molar-refractivity contribution >= 4 is 42.0 Å². The lowest BCUT2D eigenvalue weighted by atomic mass is 9.91. The lowest BCUT2D eigenvalue weighted by Crippen LogP contribution is -2.72. The maximum absolute atomic E-state index is 11.9. The highest BCUT2D eigenvalue weighted by Crippen LogP contribution is 2.40. The lowest BCUT2D eigenvalue weighted by Gasteiger charge is -2.53. The largest absolute Gasteiger partial charge is 0.742 e. The molecule has 4 rings (SSSR count). The minimum absolute atomic E-state index is 0.357. The van der Waals surface area contributed by atoms with E-state index in [1.807, 2.05) is 35.3 Å². The number of nitrogens with zero attached hydrogens (tertiary/aromatic N) is 3. The SMILES string of the molecule is Cc1cccc(C)c1[N+]1(CCCNc2cccc(N3NC=NC3[S-])c2)CCC1C(=O)[O-]. The number of anilines is 2. The molecule has 0 spiro atoms. The first kappa shape index (κ1) is 21.5. The summed E-state index contributed by atoms with van der Waals surface area (Å²) in [6, 6.07) is 13.7. The van der Waals surface area contributed by atoms with Gasteiger partial charge in [0.1, 0.15) is 18.1 Å². The Bertz CT molecular complexity index is 977. The number of quaternary nitrogens is 1. The quantitative estimate of drug-likeness (QED) is 0.372. The van der Waals surface area contributed by atoms with Gasteiger partial charge in [0.25, 0.3) is 0 Å². The first-order chi connectivity index (χ1) is 14.9. The Morgan fingerprint density at radius 1 is 1.29 bits per heavy atom. The molecule has 0 saturated carbocycles. The number of aliphatic carboxylic acids is 1. The van der Waals surface area contributed by atoms with Gasteiger partial charge in [-0.15, -0.1) is 0 Å². The zero-order valence-electron chi connectivity index (χ0n) is 17.9. The number of hydrazine groups is 1. The standard InChI is InChI=1S/C23H29N5O2S/c1-16-6-3-7-17(2)21(16)28(13-10-20(28)22(29)30)12-5-11-24-18-8-4-9-19(14-18)27-23(31)25-15-26-27/h3-4,6-9,14-15,20,23-24H,5,10-13H2,1-2H3,(H2-,25,26,29,30,31)/p-1. The van der Waals surface area contributed by atoms with Gasteiger partial charge in [-0.1, -0.05) is 24.3 Å². The molecule has 2 aliphatic rings. The van der Waals surface area contributed by atoms with Gasteiger partial charge in [0.05, 0.1) is 31.2 Å². The van der Waals surface area contributed by atoms with E-state index in [1.54, 1.807) is 6.34 Å². The fourth-order valence-corrected chi connectivity index (χ4v) is 5.14. The molecule has 2 aromatic rings. The number of carboxylic acid groups (broad SMARTS) is 1. The third kappa shape index (κ3) is 4.09. The number of para-hydroxylation sites is 1. The number of rotatable bonds is 8. The van der Waals surface area contributed by atoms with Crippen LogP contribution in [0.25, 0.3) is 0 Å². The normalized spacial score (nSPS) is 24.5. The Hall–Kier alpha value is -2.71. The first-order valence-electron chi connectivity index (χ1n) is 10.6. The Labute approximate surface area is 188 Å². The van der Waals surface area contributed by atoms with Crippen molar-refractivity contribution in [2.24, 2.45) is 4.99 Å². The lowest BCUT2D eigenvalue weighted by molar-refractivity contribution is -0.314. The fourth-order valence-electron chi connectivity index (χ4n) is 4.90. The summed E-state index contributed by atoms with van der Waals surface area (Å²) in [7, 11) is 0. The molecular formula is C23H28N5O2S-. The van der Waals surface area contributed by atoms with Crippen LogP contribution in [-0.4, -0.2) is 43.5 Å².